The van der Waals surface area contributed by atoms with Crippen LogP contribution in [0.5, 0.6) is 5.75 Å². The molecule has 1 atom stereocenters. The van der Waals surface area contributed by atoms with Crippen molar-refractivity contribution in [3.63, 3.8) is 0 Å². The minimum absolute atomic E-state index is 0.0185. The van der Waals surface area contributed by atoms with Crippen molar-refractivity contribution in [3.05, 3.63) is 47.3 Å². The molecule has 0 N–H and O–H groups in total. The van der Waals surface area contributed by atoms with Gasteiger partial charge in [0.1, 0.15) is 24.5 Å². The van der Waals surface area contributed by atoms with Gasteiger partial charge in [0.2, 0.25) is 0 Å². The van der Waals surface area contributed by atoms with Crippen molar-refractivity contribution in [1.82, 2.24) is 15.0 Å². The molecule has 32 heavy (non-hydrogen) atoms. The number of nitrogens with zero attached hydrogens (tertiary/aromatic N) is 3. The number of rotatable bonds is 6. The second-order valence-electron chi connectivity index (χ2n) is 7.71. The molecule has 1 aromatic carbocycles. The summed E-state index contributed by atoms with van der Waals surface area (Å²) in [6, 6.07) is 8.29. The Morgan fingerprint density at radius 2 is 1.91 bits per heavy atom. The van der Waals surface area contributed by atoms with Gasteiger partial charge in [0.15, 0.2) is 11.8 Å². The number of benzene rings is 1. The van der Waals surface area contributed by atoms with Crippen molar-refractivity contribution >= 4 is 18.0 Å². The van der Waals surface area contributed by atoms with E-state index in [0.717, 1.165) is 0 Å². The summed E-state index contributed by atoms with van der Waals surface area (Å²) < 4.78 is 20.9. The number of aryl methyl sites for hydroxylation is 1. The van der Waals surface area contributed by atoms with Crippen LogP contribution in [-0.2, 0) is 20.9 Å². The summed E-state index contributed by atoms with van der Waals surface area (Å²) in [6.07, 6.45) is 0.517. The summed E-state index contributed by atoms with van der Waals surface area (Å²) in [5, 5.41) is 3.95. The number of cyclic esters (lactones) is 1. The molecule has 3 heterocycles. The molecule has 170 valence electrons. The lowest BCUT2D eigenvalue weighted by Crippen LogP contribution is -2.52. The van der Waals surface area contributed by atoms with Crippen molar-refractivity contribution in [1.29, 1.82) is 0 Å². The number of carbonyl (C=O) groups excluding carboxylic acids is 3. The Labute approximate surface area is 185 Å². The Kier molecular flexibility index (Phi) is 6.29. The number of hydrogen-bond donors (Lipinski definition) is 0. The van der Waals surface area contributed by atoms with Crippen LogP contribution in [-0.4, -0.2) is 71.8 Å². The van der Waals surface area contributed by atoms with E-state index < -0.39 is 18.1 Å². The number of carbonyl (C=O) groups is 3. The second-order valence-corrected chi connectivity index (χ2v) is 7.71. The first kappa shape index (κ1) is 21.7. The lowest BCUT2D eigenvalue weighted by molar-refractivity contribution is -0.145. The molecule has 1 unspecified atom stereocenters. The molecule has 2 aromatic rings. The molecular weight excluding hydrogens is 418 g/mol. The quantitative estimate of drug-likeness (QED) is 0.625. The molecule has 10 heteroatoms. The third kappa shape index (κ3) is 4.25. The van der Waals surface area contributed by atoms with Crippen LogP contribution in [0.2, 0.25) is 0 Å². The zero-order chi connectivity index (χ0) is 22.7. The van der Waals surface area contributed by atoms with E-state index in [0.29, 0.717) is 48.7 Å². The monoisotopic (exact) mass is 443 g/mol. The minimum Gasteiger partial charge on any atom is -0.486 e. The summed E-state index contributed by atoms with van der Waals surface area (Å²) in [5.74, 6) is 0.339. The van der Waals surface area contributed by atoms with Crippen molar-refractivity contribution in [2.75, 3.05) is 26.8 Å². The zero-order valence-corrected chi connectivity index (χ0v) is 18.0. The number of likely N-dealkylation sites (tertiary alicyclic amines) is 1. The number of para-hydroxylation sites is 1. The number of amides is 2. The molecule has 10 nitrogen and oxygen atoms in total. The van der Waals surface area contributed by atoms with Crippen LogP contribution in [0.1, 0.15) is 34.7 Å². The van der Waals surface area contributed by atoms with Crippen molar-refractivity contribution in [2.45, 2.75) is 38.5 Å². The van der Waals surface area contributed by atoms with Crippen LogP contribution in [0, 0.1) is 6.92 Å². The Bertz CT molecular complexity index is 983. The first-order valence-corrected chi connectivity index (χ1v) is 10.4. The van der Waals surface area contributed by atoms with Gasteiger partial charge in [-0.2, -0.15) is 0 Å². The van der Waals surface area contributed by atoms with E-state index in [4.69, 9.17) is 18.7 Å². The van der Waals surface area contributed by atoms with Gasteiger partial charge in [-0.25, -0.2) is 9.59 Å². The Morgan fingerprint density at radius 3 is 2.59 bits per heavy atom. The van der Waals surface area contributed by atoms with Crippen LogP contribution in [0.4, 0.5) is 4.79 Å². The average Bonchev–Trinajstić information content (AvgIpc) is 3.39. The highest BCUT2D eigenvalue weighted by atomic mass is 16.6. The van der Waals surface area contributed by atoms with Crippen LogP contribution in [0.25, 0.3) is 0 Å². The normalized spacial score (nSPS) is 19.1. The SMILES string of the molecule is COC(=O)C1COC(=O)N1C1CCN(C(=O)c2c(C)noc2COc2ccccc2)CC1. The van der Waals surface area contributed by atoms with Crippen molar-refractivity contribution < 1.29 is 33.1 Å². The second kappa shape index (κ2) is 9.29. The summed E-state index contributed by atoms with van der Waals surface area (Å²) >= 11 is 0. The smallest absolute Gasteiger partial charge is 0.410 e. The van der Waals surface area contributed by atoms with Gasteiger partial charge in [-0.05, 0) is 31.9 Å². The fraction of sp³-hybridized carbons (Fsp3) is 0.455. The molecule has 2 aliphatic rings. The first-order valence-electron chi connectivity index (χ1n) is 10.4. The van der Waals surface area contributed by atoms with E-state index in [2.05, 4.69) is 5.16 Å². The van der Waals surface area contributed by atoms with Crippen molar-refractivity contribution in [2.24, 2.45) is 0 Å². The number of piperidine rings is 1. The van der Waals surface area contributed by atoms with Crippen LogP contribution < -0.4 is 4.74 Å². The Balaban J connectivity index is 1.40. The van der Waals surface area contributed by atoms with Crippen LogP contribution >= 0.6 is 0 Å². The Hall–Kier alpha value is -3.56. The highest BCUT2D eigenvalue weighted by Gasteiger charge is 2.44. The van der Waals surface area contributed by atoms with Crippen LogP contribution in [0.15, 0.2) is 34.9 Å². The van der Waals surface area contributed by atoms with Gasteiger partial charge in [-0.1, -0.05) is 23.4 Å². The predicted molar refractivity (Wildman–Crippen MR) is 110 cm³/mol. The molecule has 0 bridgehead atoms. The van der Waals surface area contributed by atoms with E-state index in [-0.39, 0.29) is 25.2 Å². The van der Waals surface area contributed by atoms with Gasteiger partial charge >= 0.3 is 12.1 Å². The largest absolute Gasteiger partial charge is 0.486 e. The third-order valence-electron chi connectivity index (χ3n) is 5.79. The molecule has 2 fully saturated rings. The molecule has 1 aromatic heterocycles. The lowest BCUT2D eigenvalue weighted by atomic mass is 10.0. The zero-order valence-electron chi connectivity index (χ0n) is 18.0. The molecule has 2 amide bonds. The van der Waals surface area contributed by atoms with Gasteiger partial charge in [-0.3, -0.25) is 9.69 Å². The van der Waals surface area contributed by atoms with E-state index in [1.165, 1.54) is 12.0 Å². The highest BCUT2D eigenvalue weighted by molar-refractivity contribution is 5.96. The number of ether oxygens (including phenoxy) is 3. The summed E-state index contributed by atoms with van der Waals surface area (Å²) in [4.78, 5) is 40.5. The molecular formula is C22H25N3O7. The molecule has 2 saturated heterocycles. The number of aromatic nitrogens is 1. The van der Waals surface area contributed by atoms with E-state index in [9.17, 15) is 14.4 Å². The maximum absolute atomic E-state index is 13.2. The van der Waals surface area contributed by atoms with Crippen LogP contribution in [0.3, 0.4) is 0 Å². The topological polar surface area (TPSA) is 111 Å². The van der Waals surface area contributed by atoms with E-state index in [1.54, 1.807) is 11.8 Å². The summed E-state index contributed by atoms with van der Waals surface area (Å²) in [7, 11) is 1.28. The molecule has 0 radical (unpaired) electrons. The fourth-order valence-electron chi connectivity index (χ4n) is 4.11. The minimum atomic E-state index is -0.748. The van der Waals surface area contributed by atoms with Gasteiger partial charge in [0.05, 0.1) is 12.8 Å². The average molecular weight is 443 g/mol. The molecule has 0 saturated carbocycles. The molecule has 2 aliphatic heterocycles. The maximum Gasteiger partial charge on any atom is 0.410 e. The highest BCUT2D eigenvalue weighted by Crippen LogP contribution is 2.27. The first-order chi connectivity index (χ1) is 15.5. The summed E-state index contributed by atoms with van der Waals surface area (Å²) in [6.45, 7) is 2.63. The number of esters is 1. The predicted octanol–water partition coefficient (Wildman–Crippen LogP) is 2.16. The number of methoxy groups -OCH3 is 1. The standard InChI is InChI=1S/C22H25N3O7/c1-14-19(18(32-23-14)13-30-16-6-4-3-5-7-16)20(26)24-10-8-15(9-11-24)25-17(21(27)29-2)12-31-22(25)28/h3-7,15,17H,8-13H2,1-2H3. The Morgan fingerprint density at radius 1 is 1.19 bits per heavy atom. The maximum atomic E-state index is 13.2. The van der Waals surface area contributed by atoms with E-state index >= 15 is 0 Å². The third-order valence-corrected chi connectivity index (χ3v) is 5.79. The lowest BCUT2D eigenvalue weighted by Gasteiger charge is -2.37. The van der Waals surface area contributed by atoms with Gasteiger partial charge < -0.3 is 23.6 Å². The van der Waals surface area contributed by atoms with Crippen molar-refractivity contribution in [3.8, 4) is 5.75 Å². The fourth-order valence-corrected chi connectivity index (χ4v) is 4.11. The van der Waals surface area contributed by atoms with E-state index in [1.807, 2.05) is 30.3 Å². The molecule has 4 rings (SSSR count). The van der Waals surface area contributed by atoms with Gasteiger partial charge in [0.25, 0.3) is 5.91 Å². The van der Waals surface area contributed by atoms with Gasteiger partial charge in [0, 0.05) is 19.1 Å². The molecule has 0 spiro atoms. The van der Waals surface area contributed by atoms with Gasteiger partial charge in [-0.15, -0.1) is 0 Å². The molecule has 0 aliphatic carbocycles. The number of hydrogen-bond acceptors (Lipinski definition) is 8. The summed E-state index contributed by atoms with van der Waals surface area (Å²) in [5.41, 5.74) is 0.894.